The molecule has 0 nitrogen and oxygen atoms in total. The van der Waals surface area contributed by atoms with Gasteiger partial charge in [-0.15, -0.1) is 0 Å². The van der Waals surface area contributed by atoms with Crippen molar-refractivity contribution in [2.45, 2.75) is 110 Å². The molecular formula is C18H31PSe. The van der Waals surface area contributed by atoms with Gasteiger partial charge in [0.15, 0.2) is 0 Å². The third kappa shape index (κ3) is 2.77. The van der Waals surface area contributed by atoms with Crippen molar-refractivity contribution in [3.8, 4) is 0 Å². The molecule has 3 saturated carbocycles. The standard InChI is InChI=1S/C18H31PSe/c1-2-8-14(9-3-1)19-15-10-4-6-12-17(15)20-18-13-7-5-11-16(18)19/h14-18H,1-13H2. The van der Waals surface area contributed by atoms with E-state index in [1.165, 1.54) is 26.6 Å². The van der Waals surface area contributed by atoms with E-state index in [-0.39, 0.29) is 0 Å². The molecule has 0 amide bonds. The summed E-state index contributed by atoms with van der Waals surface area (Å²) in [6, 6.07) is 0. The number of hydrogen-bond acceptors (Lipinski definition) is 0. The zero-order valence-corrected chi connectivity index (χ0v) is 15.5. The van der Waals surface area contributed by atoms with E-state index in [4.69, 9.17) is 0 Å². The summed E-state index contributed by atoms with van der Waals surface area (Å²) < 4.78 is 0. The molecule has 0 bridgehead atoms. The second-order valence-corrected chi connectivity index (χ2v) is 13.7. The first-order valence-corrected chi connectivity index (χ1v) is 12.9. The van der Waals surface area contributed by atoms with Crippen molar-refractivity contribution in [1.82, 2.24) is 0 Å². The molecule has 4 atom stereocenters. The number of hydrogen-bond donors (Lipinski definition) is 0. The van der Waals surface area contributed by atoms with Gasteiger partial charge < -0.3 is 0 Å². The normalized spacial score (nSPS) is 46.5. The average molecular weight is 357 g/mol. The van der Waals surface area contributed by atoms with E-state index < -0.39 is 0 Å². The van der Waals surface area contributed by atoms with E-state index in [0.29, 0.717) is 7.92 Å². The molecule has 4 fully saturated rings. The Labute approximate surface area is 133 Å². The van der Waals surface area contributed by atoms with Gasteiger partial charge in [-0.25, -0.2) is 0 Å². The first-order valence-electron chi connectivity index (χ1n) is 9.36. The molecule has 0 spiro atoms. The molecule has 2 heteroatoms. The van der Waals surface area contributed by atoms with Gasteiger partial charge >= 0.3 is 133 Å². The third-order valence-corrected chi connectivity index (χ3v) is 15.3. The van der Waals surface area contributed by atoms with Crippen LogP contribution >= 0.6 is 7.92 Å². The minimum absolute atomic E-state index is 0.411. The topological polar surface area (TPSA) is 0 Å². The van der Waals surface area contributed by atoms with Crippen molar-refractivity contribution < 1.29 is 0 Å². The predicted octanol–water partition coefficient (Wildman–Crippen LogP) is 5.98. The summed E-state index contributed by atoms with van der Waals surface area (Å²) in [5.74, 6) is 0. The van der Waals surface area contributed by atoms with E-state index in [0.717, 1.165) is 15.0 Å². The van der Waals surface area contributed by atoms with Gasteiger partial charge in [0.2, 0.25) is 0 Å². The van der Waals surface area contributed by atoms with Crippen LogP contribution in [-0.4, -0.2) is 31.9 Å². The summed E-state index contributed by atoms with van der Waals surface area (Å²) in [4.78, 5) is 2.48. The molecule has 0 N–H and O–H groups in total. The summed E-state index contributed by atoms with van der Waals surface area (Å²) in [5, 5.41) is 0. The first-order chi connectivity index (χ1) is 9.93. The van der Waals surface area contributed by atoms with Crippen molar-refractivity contribution in [3.05, 3.63) is 0 Å². The Bertz CT molecular complexity index is 303. The SMILES string of the molecule is C1CCC(P2C3CCCCC3[Se]C3CCCCC32)CC1. The summed E-state index contributed by atoms with van der Waals surface area (Å²) in [5.41, 5.74) is 3.72. The van der Waals surface area contributed by atoms with Gasteiger partial charge in [-0.1, -0.05) is 0 Å². The van der Waals surface area contributed by atoms with Crippen LogP contribution in [0, 0.1) is 0 Å². The molecular weight excluding hydrogens is 326 g/mol. The zero-order chi connectivity index (χ0) is 13.4. The quantitative estimate of drug-likeness (QED) is 0.400. The van der Waals surface area contributed by atoms with Crippen LogP contribution < -0.4 is 0 Å². The molecule has 4 aliphatic rings. The van der Waals surface area contributed by atoms with Crippen LogP contribution in [0.3, 0.4) is 0 Å². The maximum absolute atomic E-state index is 1.65. The van der Waals surface area contributed by atoms with Gasteiger partial charge in [0.25, 0.3) is 0 Å². The van der Waals surface area contributed by atoms with Crippen LogP contribution in [0.1, 0.15) is 83.5 Å². The van der Waals surface area contributed by atoms with Gasteiger partial charge in [-0.05, 0) is 0 Å². The van der Waals surface area contributed by atoms with Crippen LogP contribution in [0.25, 0.3) is 0 Å². The van der Waals surface area contributed by atoms with Gasteiger partial charge in [0, 0.05) is 0 Å². The van der Waals surface area contributed by atoms with E-state index in [2.05, 4.69) is 0 Å². The van der Waals surface area contributed by atoms with E-state index in [9.17, 15) is 0 Å². The molecule has 0 radical (unpaired) electrons. The molecule has 0 aromatic heterocycles. The van der Waals surface area contributed by atoms with Gasteiger partial charge in [-0.3, -0.25) is 0 Å². The Kier molecular flexibility index (Phi) is 4.80. The molecule has 0 aromatic rings. The monoisotopic (exact) mass is 358 g/mol. The Hall–Kier alpha value is 0.949. The van der Waals surface area contributed by atoms with Crippen LogP contribution in [0.4, 0.5) is 0 Å². The fourth-order valence-electron chi connectivity index (χ4n) is 5.55. The Balaban J connectivity index is 1.58. The molecule has 114 valence electrons. The summed E-state index contributed by atoms with van der Waals surface area (Å²) in [6.45, 7) is 0. The van der Waals surface area contributed by atoms with Gasteiger partial charge in [0.1, 0.15) is 0 Å². The Morgan fingerprint density at radius 2 is 1.05 bits per heavy atom. The molecule has 1 aliphatic heterocycles. The van der Waals surface area contributed by atoms with Crippen molar-refractivity contribution >= 4 is 22.9 Å². The van der Waals surface area contributed by atoms with E-state index in [1.54, 1.807) is 83.5 Å². The van der Waals surface area contributed by atoms with Gasteiger partial charge in [0.05, 0.1) is 0 Å². The molecule has 4 unspecified atom stereocenters. The van der Waals surface area contributed by atoms with Gasteiger partial charge in [-0.2, -0.15) is 0 Å². The van der Waals surface area contributed by atoms with Crippen LogP contribution in [0.5, 0.6) is 0 Å². The van der Waals surface area contributed by atoms with E-state index in [1.807, 2.05) is 0 Å². The summed E-state index contributed by atoms with van der Waals surface area (Å²) >= 11 is 1.03. The molecule has 1 saturated heterocycles. The number of fused-ring (bicyclic) bond motifs is 2. The summed E-state index contributed by atoms with van der Waals surface area (Å²) in [6.07, 6.45) is 20.9. The fraction of sp³-hybridized carbons (Fsp3) is 1.00. The maximum atomic E-state index is 1.65. The third-order valence-electron chi connectivity index (χ3n) is 6.45. The zero-order valence-electron chi connectivity index (χ0n) is 12.9. The second-order valence-electron chi connectivity index (χ2n) is 7.66. The molecule has 20 heavy (non-hydrogen) atoms. The van der Waals surface area contributed by atoms with Crippen LogP contribution in [0.2, 0.25) is 9.63 Å². The fourth-order valence-corrected chi connectivity index (χ4v) is 16.2. The Morgan fingerprint density at radius 3 is 1.65 bits per heavy atom. The molecule has 3 aliphatic carbocycles. The Morgan fingerprint density at radius 1 is 0.550 bits per heavy atom. The molecule has 4 rings (SSSR count). The molecule has 0 aromatic carbocycles. The number of rotatable bonds is 1. The average Bonchev–Trinajstić information content (AvgIpc) is 2.53. The van der Waals surface area contributed by atoms with Crippen molar-refractivity contribution in [2.75, 3.05) is 0 Å². The van der Waals surface area contributed by atoms with Crippen LogP contribution in [-0.2, 0) is 0 Å². The van der Waals surface area contributed by atoms with Crippen molar-refractivity contribution in [2.24, 2.45) is 0 Å². The minimum atomic E-state index is 0.411. The van der Waals surface area contributed by atoms with Crippen LogP contribution in [0.15, 0.2) is 0 Å². The van der Waals surface area contributed by atoms with Crippen molar-refractivity contribution in [3.63, 3.8) is 0 Å². The van der Waals surface area contributed by atoms with E-state index >= 15 is 0 Å². The first kappa shape index (κ1) is 14.5. The molecule has 1 heterocycles. The summed E-state index contributed by atoms with van der Waals surface area (Å²) in [7, 11) is 0.411. The predicted molar refractivity (Wildman–Crippen MR) is 91.6 cm³/mol. The van der Waals surface area contributed by atoms with Crippen molar-refractivity contribution in [1.29, 1.82) is 0 Å². The second kappa shape index (κ2) is 6.60.